The lowest BCUT2D eigenvalue weighted by Crippen LogP contribution is -2.24. The van der Waals surface area contributed by atoms with Crippen LogP contribution in [0.25, 0.3) is 0 Å². The Morgan fingerprint density at radius 3 is 2.55 bits per heavy atom. The Morgan fingerprint density at radius 1 is 1.03 bits per heavy atom. The van der Waals surface area contributed by atoms with Crippen molar-refractivity contribution in [2.24, 2.45) is 0 Å². The van der Waals surface area contributed by atoms with Gasteiger partial charge in [-0.2, -0.15) is 0 Å². The van der Waals surface area contributed by atoms with E-state index in [9.17, 15) is 4.79 Å². The highest BCUT2D eigenvalue weighted by Crippen LogP contribution is 2.29. The summed E-state index contributed by atoms with van der Waals surface area (Å²) in [5.74, 6) is 1.75. The summed E-state index contributed by atoms with van der Waals surface area (Å²) in [4.78, 5) is 18.9. The molecule has 0 saturated carbocycles. The SMILES string of the molecule is COc1cc(C(=O)NCc2cccnc2N(C)C)ccc1OCc1ccccc1. The summed E-state index contributed by atoms with van der Waals surface area (Å²) in [5.41, 5.74) is 2.51. The predicted molar refractivity (Wildman–Crippen MR) is 114 cm³/mol. The molecule has 0 spiro atoms. The van der Waals surface area contributed by atoms with E-state index in [2.05, 4.69) is 10.3 Å². The first kappa shape index (κ1) is 20.2. The lowest BCUT2D eigenvalue weighted by atomic mass is 10.1. The molecule has 0 atom stereocenters. The lowest BCUT2D eigenvalue weighted by molar-refractivity contribution is 0.0950. The van der Waals surface area contributed by atoms with E-state index in [1.807, 2.05) is 61.5 Å². The minimum absolute atomic E-state index is 0.188. The van der Waals surface area contributed by atoms with Crippen molar-refractivity contribution in [2.75, 3.05) is 26.1 Å². The number of nitrogens with zero attached hydrogens (tertiary/aromatic N) is 2. The maximum atomic E-state index is 12.6. The molecule has 29 heavy (non-hydrogen) atoms. The van der Waals surface area contributed by atoms with Gasteiger partial charge in [-0.1, -0.05) is 36.4 Å². The number of nitrogens with one attached hydrogen (secondary N) is 1. The van der Waals surface area contributed by atoms with Gasteiger partial charge in [0.2, 0.25) is 0 Å². The zero-order valence-electron chi connectivity index (χ0n) is 16.9. The highest BCUT2D eigenvalue weighted by atomic mass is 16.5. The van der Waals surface area contributed by atoms with Crippen LogP contribution in [0.5, 0.6) is 11.5 Å². The van der Waals surface area contributed by atoms with Crippen molar-refractivity contribution in [3.05, 3.63) is 83.6 Å². The van der Waals surface area contributed by atoms with Crippen LogP contribution in [0.2, 0.25) is 0 Å². The summed E-state index contributed by atoms with van der Waals surface area (Å²) < 4.78 is 11.3. The van der Waals surface area contributed by atoms with Gasteiger partial charge in [0.1, 0.15) is 12.4 Å². The van der Waals surface area contributed by atoms with Gasteiger partial charge in [-0.05, 0) is 29.8 Å². The highest BCUT2D eigenvalue weighted by Gasteiger charge is 2.13. The molecule has 1 amide bonds. The molecule has 6 heteroatoms. The molecule has 2 aromatic carbocycles. The fraction of sp³-hybridized carbons (Fsp3) is 0.217. The van der Waals surface area contributed by atoms with Crippen LogP contribution in [-0.4, -0.2) is 32.1 Å². The van der Waals surface area contributed by atoms with Crippen LogP contribution in [0.15, 0.2) is 66.9 Å². The highest BCUT2D eigenvalue weighted by molar-refractivity contribution is 5.94. The molecule has 0 saturated heterocycles. The maximum Gasteiger partial charge on any atom is 0.251 e. The van der Waals surface area contributed by atoms with Crippen LogP contribution in [0.1, 0.15) is 21.5 Å². The van der Waals surface area contributed by atoms with Gasteiger partial charge in [0.05, 0.1) is 7.11 Å². The van der Waals surface area contributed by atoms with Crippen molar-refractivity contribution < 1.29 is 14.3 Å². The van der Waals surface area contributed by atoms with Crippen molar-refractivity contribution in [1.82, 2.24) is 10.3 Å². The first-order valence-corrected chi connectivity index (χ1v) is 9.32. The van der Waals surface area contributed by atoms with E-state index in [-0.39, 0.29) is 5.91 Å². The minimum atomic E-state index is -0.188. The van der Waals surface area contributed by atoms with E-state index in [4.69, 9.17) is 9.47 Å². The number of amides is 1. The van der Waals surface area contributed by atoms with Crippen molar-refractivity contribution >= 4 is 11.7 Å². The van der Waals surface area contributed by atoms with E-state index in [1.165, 1.54) is 0 Å². The van der Waals surface area contributed by atoms with Gasteiger partial charge in [0.15, 0.2) is 11.5 Å². The van der Waals surface area contributed by atoms with Crippen LogP contribution >= 0.6 is 0 Å². The van der Waals surface area contributed by atoms with Crippen molar-refractivity contribution in [3.8, 4) is 11.5 Å². The normalized spacial score (nSPS) is 10.3. The quantitative estimate of drug-likeness (QED) is 0.635. The smallest absolute Gasteiger partial charge is 0.251 e. The van der Waals surface area contributed by atoms with Gasteiger partial charge in [0.25, 0.3) is 5.91 Å². The molecule has 0 aliphatic carbocycles. The molecule has 1 N–H and O–H groups in total. The van der Waals surface area contributed by atoms with Crippen molar-refractivity contribution in [2.45, 2.75) is 13.2 Å². The fourth-order valence-corrected chi connectivity index (χ4v) is 2.91. The number of pyridine rings is 1. The van der Waals surface area contributed by atoms with Crippen LogP contribution in [0.3, 0.4) is 0 Å². The molecule has 3 rings (SSSR count). The number of benzene rings is 2. The Kier molecular flexibility index (Phi) is 6.68. The van der Waals surface area contributed by atoms with Gasteiger partial charge >= 0.3 is 0 Å². The number of carbonyl (C=O) groups is 1. The molecular weight excluding hydrogens is 366 g/mol. The number of ether oxygens (including phenoxy) is 2. The largest absolute Gasteiger partial charge is 0.493 e. The molecule has 0 bridgehead atoms. The fourth-order valence-electron chi connectivity index (χ4n) is 2.91. The zero-order chi connectivity index (χ0) is 20.6. The van der Waals surface area contributed by atoms with Gasteiger partial charge in [-0.15, -0.1) is 0 Å². The standard InChI is InChI=1S/C23H25N3O3/c1-26(2)22-19(10-7-13-24-22)15-25-23(27)18-11-12-20(21(14-18)28-3)29-16-17-8-5-4-6-9-17/h4-14H,15-16H2,1-3H3,(H,25,27). The van der Waals surface area contributed by atoms with Gasteiger partial charge in [-0.3, -0.25) is 4.79 Å². The molecular formula is C23H25N3O3. The zero-order valence-corrected chi connectivity index (χ0v) is 16.9. The molecule has 0 fully saturated rings. The molecule has 0 unspecified atom stereocenters. The number of rotatable bonds is 8. The molecule has 150 valence electrons. The van der Waals surface area contributed by atoms with E-state index < -0.39 is 0 Å². The minimum Gasteiger partial charge on any atom is -0.493 e. The average molecular weight is 391 g/mol. The van der Waals surface area contributed by atoms with E-state index in [0.29, 0.717) is 30.2 Å². The van der Waals surface area contributed by atoms with Gasteiger partial charge < -0.3 is 19.7 Å². The number of hydrogen-bond donors (Lipinski definition) is 1. The molecule has 3 aromatic rings. The third kappa shape index (κ3) is 5.25. The van der Waals surface area contributed by atoms with Gasteiger partial charge in [-0.25, -0.2) is 4.98 Å². The molecule has 6 nitrogen and oxygen atoms in total. The Hall–Kier alpha value is -3.54. The predicted octanol–water partition coefficient (Wildman–Crippen LogP) is 3.67. The van der Waals surface area contributed by atoms with Gasteiger partial charge in [0, 0.05) is 38.0 Å². The van der Waals surface area contributed by atoms with Crippen LogP contribution in [-0.2, 0) is 13.2 Å². The third-order valence-electron chi connectivity index (χ3n) is 4.39. The monoisotopic (exact) mass is 391 g/mol. The second kappa shape index (κ2) is 9.59. The Morgan fingerprint density at radius 2 is 1.83 bits per heavy atom. The number of aromatic nitrogens is 1. The first-order chi connectivity index (χ1) is 14.1. The molecule has 1 aromatic heterocycles. The average Bonchev–Trinajstić information content (AvgIpc) is 2.76. The van der Waals surface area contributed by atoms with E-state index in [1.54, 1.807) is 31.5 Å². The summed E-state index contributed by atoms with van der Waals surface area (Å²) in [6.07, 6.45) is 1.74. The second-order valence-corrected chi connectivity index (χ2v) is 6.70. The lowest BCUT2D eigenvalue weighted by Gasteiger charge is -2.16. The summed E-state index contributed by atoms with van der Waals surface area (Å²) in [7, 11) is 5.41. The topological polar surface area (TPSA) is 63.7 Å². The number of hydrogen-bond acceptors (Lipinski definition) is 5. The summed E-state index contributed by atoms with van der Waals surface area (Å²) >= 11 is 0. The molecule has 0 aliphatic rings. The van der Waals surface area contributed by atoms with Crippen LogP contribution < -0.4 is 19.7 Å². The van der Waals surface area contributed by atoms with Crippen molar-refractivity contribution in [1.29, 1.82) is 0 Å². The Balaban J connectivity index is 1.67. The number of carbonyl (C=O) groups excluding carboxylic acids is 1. The molecule has 0 aliphatic heterocycles. The number of methoxy groups -OCH3 is 1. The van der Waals surface area contributed by atoms with Crippen LogP contribution in [0, 0.1) is 0 Å². The van der Waals surface area contributed by atoms with E-state index in [0.717, 1.165) is 16.9 Å². The van der Waals surface area contributed by atoms with Crippen LogP contribution in [0.4, 0.5) is 5.82 Å². The van der Waals surface area contributed by atoms with E-state index >= 15 is 0 Å². The first-order valence-electron chi connectivity index (χ1n) is 9.32. The summed E-state index contributed by atoms with van der Waals surface area (Å²) in [6, 6.07) is 18.9. The maximum absolute atomic E-state index is 12.6. The Labute approximate surface area is 171 Å². The summed E-state index contributed by atoms with van der Waals surface area (Å²) in [5, 5.41) is 2.94. The number of anilines is 1. The summed E-state index contributed by atoms with van der Waals surface area (Å²) in [6.45, 7) is 0.811. The second-order valence-electron chi connectivity index (χ2n) is 6.70. The Bertz CT molecular complexity index is 959. The van der Waals surface area contributed by atoms with Crippen molar-refractivity contribution in [3.63, 3.8) is 0 Å². The third-order valence-corrected chi connectivity index (χ3v) is 4.39. The molecule has 1 heterocycles. The molecule has 0 radical (unpaired) electrons.